The van der Waals surface area contributed by atoms with Gasteiger partial charge in [0.05, 0.1) is 6.54 Å². The Morgan fingerprint density at radius 1 is 1.08 bits per heavy atom. The molecule has 1 saturated heterocycles. The molecular formula is C8H23N2Si2+. The van der Waals surface area contributed by atoms with Crippen LogP contribution in [0.5, 0.6) is 0 Å². The fraction of sp³-hybridized carbons (Fsp3) is 1.00. The van der Waals surface area contributed by atoms with E-state index >= 15 is 0 Å². The smallest absolute Gasteiger partial charge is 0.115 e. The first kappa shape index (κ1) is 10.4. The van der Waals surface area contributed by atoms with E-state index < -0.39 is 16.5 Å². The number of hydrogen-bond donors (Lipinski definition) is 1. The van der Waals surface area contributed by atoms with Gasteiger partial charge in [0.1, 0.15) is 16.5 Å². The van der Waals surface area contributed by atoms with Gasteiger partial charge in [-0.2, -0.15) is 0 Å². The second kappa shape index (κ2) is 3.25. The molecule has 0 atom stereocenters. The van der Waals surface area contributed by atoms with Gasteiger partial charge in [-0.25, -0.2) is 0 Å². The van der Waals surface area contributed by atoms with Crippen molar-refractivity contribution in [1.29, 1.82) is 0 Å². The molecule has 4 heteroatoms. The van der Waals surface area contributed by atoms with Crippen LogP contribution in [-0.4, -0.2) is 33.8 Å². The summed E-state index contributed by atoms with van der Waals surface area (Å²) in [6, 6.07) is 3.04. The molecule has 0 aromatic heterocycles. The van der Waals surface area contributed by atoms with Gasteiger partial charge in [0.25, 0.3) is 0 Å². The second-order valence-electron chi connectivity index (χ2n) is 5.13. The molecule has 3 N–H and O–H groups in total. The highest BCUT2D eigenvalue weighted by Crippen LogP contribution is 2.35. The van der Waals surface area contributed by atoms with Gasteiger partial charge in [0.15, 0.2) is 0 Å². The van der Waals surface area contributed by atoms with Crippen molar-refractivity contribution in [3.8, 4) is 0 Å². The third-order valence-electron chi connectivity index (χ3n) is 3.19. The summed E-state index contributed by atoms with van der Waals surface area (Å²) in [5, 5.41) is 0. The van der Waals surface area contributed by atoms with Gasteiger partial charge in [-0.3, -0.25) is 0 Å². The van der Waals surface area contributed by atoms with Crippen molar-refractivity contribution in [2.45, 2.75) is 38.3 Å². The van der Waals surface area contributed by atoms with E-state index in [1.807, 2.05) is 0 Å². The van der Waals surface area contributed by atoms with Gasteiger partial charge >= 0.3 is 0 Å². The van der Waals surface area contributed by atoms with Crippen molar-refractivity contribution in [3.63, 3.8) is 0 Å². The van der Waals surface area contributed by atoms with E-state index in [1.54, 1.807) is 0 Å². The quantitative estimate of drug-likeness (QED) is 0.666. The highest BCUT2D eigenvalue weighted by atomic mass is 28.4. The summed E-state index contributed by atoms with van der Waals surface area (Å²) in [6.45, 7) is 12.4. The Balaban J connectivity index is 2.74. The minimum Gasteiger partial charge on any atom is -0.357 e. The standard InChI is InChI=1S/C8H22N2Si2/c1-11(2)7-8-12(3,4)10(11)6-5-9/h5-9H2,1-4H3/p+1. The summed E-state index contributed by atoms with van der Waals surface area (Å²) in [4.78, 5) is 0. The van der Waals surface area contributed by atoms with Crippen LogP contribution in [0.1, 0.15) is 0 Å². The topological polar surface area (TPSA) is 30.9 Å². The van der Waals surface area contributed by atoms with Crippen LogP contribution in [0.4, 0.5) is 0 Å². The van der Waals surface area contributed by atoms with E-state index in [-0.39, 0.29) is 0 Å². The van der Waals surface area contributed by atoms with Crippen molar-refractivity contribution in [3.05, 3.63) is 0 Å². The van der Waals surface area contributed by atoms with Crippen molar-refractivity contribution in [2.75, 3.05) is 13.1 Å². The lowest BCUT2D eigenvalue weighted by molar-refractivity contribution is -0.366. The van der Waals surface area contributed by atoms with Crippen LogP contribution in [0, 0.1) is 0 Å². The number of quaternary nitrogens is 1. The van der Waals surface area contributed by atoms with E-state index in [0.29, 0.717) is 0 Å². The lowest BCUT2D eigenvalue weighted by atomic mass is 10.7. The molecular weight excluding hydrogens is 180 g/mol. The number of rotatable bonds is 2. The summed E-state index contributed by atoms with van der Waals surface area (Å²) < 4.78 is 2.88. The molecule has 0 aromatic rings. The van der Waals surface area contributed by atoms with Gasteiger partial charge in [-0.1, -0.05) is 26.2 Å². The van der Waals surface area contributed by atoms with E-state index in [0.717, 1.165) is 6.54 Å². The molecule has 0 saturated carbocycles. The van der Waals surface area contributed by atoms with Gasteiger partial charge in [-0.15, -0.1) is 0 Å². The first-order valence-electron chi connectivity index (χ1n) is 4.97. The number of nitrogens with zero attached hydrogens (tertiary/aromatic N) is 1. The van der Waals surface area contributed by atoms with Crippen LogP contribution < -0.4 is 5.73 Å². The molecule has 0 aromatic carbocycles. The maximum absolute atomic E-state index is 3.98. The second-order valence-corrected chi connectivity index (χ2v) is 14.9. The van der Waals surface area contributed by atoms with Crippen molar-refractivity contribution >= 4 is 16.5 Å². The third-order valence-corrected chi connectivity index (χ3v) is 13.6. The average Bonchev–Trinajstić information content (AvgIpc) is 2.13. The van der Waals surface area contributed by atoms with Crippen LogP contribution in [-0.2, 0) is 0 Å². The Kier molecular flexibility index (Phi) is 2.83. The van der Waals surface area contributed by atoms with E-state index in [1.165, 1.54) is 18.6 Å². The molecule has 1 aliphatic heterocycles. The Bertz CT molecular complexity index is 152. The predicted octanol–water partition coefficient (Wildman–Crippen LogP) is 0.954. The fourth-order valence-electron chi connectivity index (χ4n) is 2.46. The summed E-state index contributed by atoms with van der Waals surface area (Å²) in [6.07, 6.45) is 0. The zero-order valence-corrected chi connectivity index (χ0v) is 11.0. The molecule has 0 aliphatic carbocycles. The summed E-state index contributed by atoms with van der Waals surface area (Å²) >= 11 is 0. The maximum Gasteiger partial charge on any atom is 0.115 e. The lowest BCUT2D eigenvalue weighted by Gasteiger charge is -2.37. The molecule has 0 radical (unpaired) electrons. The molecule has 0 spiro atoms. The largest absolute Gasteiger partial charge is 0.357 e. The highest BCUT2D eigenvalue weighted by molar-refractivity contribution is 6.95. The predicted molar refractivity (Wildman–Crippen MR) is 59.0 cm³/mol. The van der Waals surface area contributed by atoms with Crippen molar-refractivity contribution < 1.29 is 5.73 Å². The molecule has 1 heterocycles. The molecule has 1 fully saturated rings. The minimum absolute atomic E-state index is 0.971. The SMILES string of the molecule is C[Si]1(C)CC[Si](C)(C)N1CC[NH3+]. The Hall–Kier alpha value is 0.354. The summed E-state index contributed by atoms with van der Waals surface area (Å²) in [5.74, 6) is 0. The van der Waals surface area contributed by atoms with Crippen molar-refractivity contribution in [1.82, 2.24) is 4.23 Å². The zero-order chi connectivity index (χ0) is 9.41. The summed E-state index contributed by atoms with van der Waals surface area (Å²) in [7, 11) is -1.94. The maximum atomic E-state index is 3.98. The van der Waals surface area contributed by atoms with Gasteiger partial charge in [0, 0.05) is 6.54 Å². The van der Waals surface area contributed by atoms with Crippen LogP contribution >= 0.6 is 0 Å². The van der Waals surface area contributed by atoms with Crippen LogP contribution in [0.2, 0.25) is 38.3 Å². The molecule has 2 nitrogen and oxygen atoms in total. The van der Waals surface area contributed by atoms with Crippen LogP contribution in [0.15, 0.2) is 0 Å². The minimum atomic E-state index is -0.971. The Morgan fingerprint density at radius 3 is 1.83 bits per heavy atom. The van der Waals surface area contributed by atoms with Gasteiger partial charge in [0.2, 0.25) is 0 Å². The van der Waals surface area contributed by atoms with Gasteiger partial charge < -0.3 is 9.96 Å². The monoisotopic (exact) mass is 203 g/mol. The normalized spacial score (nSPS) is 27.8. The number of hydrogen-bond acceptors (Lipinski definition) is 1. The zero-order valence-electron chi connectivity index (χ0n) is 8.98. The van der Waals surface area contributed by atoms with E-state index in [4.69, 9.17) is 0 Å². The summed E-state index contributed by atoms with van der Waals surface area (Å²) in [5.41, 5.74) is 3.98. The Morgan fingerprint density at radius 2 is 1.50 bits per heavy atom. The molecule has 0 bridgehead atoms. The van der Waals surface area contributed by atoms with Gasteiger partial charge in [-0.05, 0) is 12.1 Å². The molecule has 0 unspecified atom stereocenters. The lowest BCUT2D eigenvalue weighted by Crippen LogP contribution is -2.62. The van der Waals surface area contributed by atoms with Crippen LogP contribution in [0.3, 0.4) is 0 Å². The first-order chi connectivity index (χ1) is 5.40. The molecule has 12 heavy (non-hydrogen) atoms. The third kappa shape index (κ3) is 1.81. The molecule has 72 valence electrons. The molecule has 1 rings (SSSR count). The van der Waals surface area contributed by atoms with E-state index in [2.05, 4.69) is 36.2 Å². The Labute approximate surface area is 78.3 Å². The average molecular weight is 203 g/mol. The first-order valence-corrected chi connectivity index (χ1v) is 11.3. The molecule has 0 amide bonds. The fourth-order valence-corrected chi connectivity index (χ4v) is 16.7. The van der Waals surface area contributed by atoms with E-state index in [9.17, 15) is 0 Å². The molecule has 1 aliphatic rings. The van der Waals surface area contributed by atoms with Crippen molar-refractivity contribution in [2.24, 2.45) is 0 Å². The van der Waals surface area contributed by atoms with Crippen LogP contribution in [0.25, 0.3) is 0 Å². The highest BCUT2D eigenvalue weighted by Gasteiger charge is 2.46.